The fourth-order valence-electron chi connectivity index (χ4n) is 4.28. The van der Waals surface area contributed by atoms with Crippen LogP contribution in [-0.2, 0) is 9.59 Å². The van der Waals surface area contributed by atoms with Crippen LogP contribution in [0.2, 0.25) is 0 Å². The second-order valence-electron chi connectivity index (χ2n) is 9.26. The van der Waals surface area contributed by atoms with Crippen molar-refractivity contribution in [3.63, 3.8) is 0 Å². The lowest BCUT2D eigenvalue weighted by Gasteiger charge is -2.17. The first kappa shape index (κ1) is 29.2. The molecule has 0 aromatic heterocycles. The number of benzene rings is 3. The number of aromatic hydroxyl groups is 1. The first-order valence-electron chi connectivity index (χ1n) is 12.7. The molecule has 0 unspecified atom stereocenters. The third-order valence-corrected chi connectivity index (χ3v) is 7.11. The minimum Gasteiger partial charge on any atom is -0.508 e. The summed E-state index contributed by atoms with van der Waals surface area (Å²) in [5.74, 6) is -0.935. The highest BCUT2D eigenvalue weighted by Gasteiger charge is 2.22. The van der Waals surface area contributed by atoms with Gasteiger partial charge in [-0.2, -0.15) is 11.8 Å². The molecule has 2 aliphatic rings. The number of hydrogen-bond donors (Lipinski definition) is 4. The summed E-state index contributed by atoms with van der Waals surface area (Å²) in [5.41, 5.74) is 2.60. The zero-order chi connectivity index (χ0) is 29.5. The van der Waals surface area contributed by atoms with Crippen molar-refractivity contribution in [3.8, 4) is 28.2 Å². The highest BCUT2D eigenvalue weighted by Crippen LogP contribution is 2.42. The van der Waals surface area contributed by atoms with Gasteiger partial charge in [0, 0.05) is 53.1 Å². The maximum absolute atomic E-state index is 12.5. The third-order valence-electron chi connectivity index (χ3n) is 6.15. The van der Waals surface area contributed by atoms with Gasteiger partial charge in [-0.05, 0) is 48.9 Å². The molecule has 1 aliphatic heterocycles. The molecular weight excluding hydrogens is 544 g/mol. The van der Waals surface area contributed by atoms with Crippen molar-refractivity contribution < 1.29 is 29.0 Å². The molecule has 0 saturated carbocycles. The molecule has 0 radical (unpaired) electrons. The molecule has 10 heteroatoms. The highest BCUT2D eigenvalue weighted by molar-refractivity contribution is 7.99. The number of rotatable bonds is 11. The standard InChI is InChI=1S/C31H28N2O7S/c1-3-4-18(2)16-32-28(36)11-12-41-17-29(37)33-19-5-8-22(25(13-19)31(38)39)30-23-9-6-20(34)14-26(23)40-27-15-21(35)7-10-24(27)30/h3-10,13-15,34H,1,11-12,16-17H2,2H3,(H,32,36)(H,33,37)(H,38,39)/b18-4+. The predicted molar refractivity (Wildman–Crippen MR) is 161 cm³/mol. The second-order valence-corrected chi connectivity index (χ2v) is 10.4. The van der Waals surface area contributed by atoms with Gasteiger partial charge in [0.15, 0.2) is 5.43 Å². The van der Waals surface area contributed by atoms with E-state index in [2.05, 4.69) is 17.2 Å². The fourth-order valence-corrected chi connectivity index (χ4v) is 5.01. The summed E-state index contributed by atoms with van der Waals surface area (Å²) in [6, 6.07) is 13.3. The molecule has 4 N–H and O–H groups in total. The first-order valence-corrected chi connectivity index (χ1v) is 13.8. The maximum Gasteiger partial charge on any atom is 0.336 e. The summed E-state index contributed by atoms with van der Waals surface area (Å²) in [5, 5.41) is 26.1. The number of carboxylic acids is 1. The number of phenols is 1. The number of thioether (sulfide) groups is 1. The molecule has 9 nitrogen and oxygen atoms in total. The van der Waals surface area contributed by atoms with Crippen molar-refractivity contribution in [2.45, 2.75) is 13.3 Å². The van der Waals surface area contributed by atoms with Crippen molar-refractivity contribution in [2.75, 3.05) is 23.4 Å². The second kappa shape index (κ2) is 13.0. The molecule has 0 bridgehead atoms. The summed E-state index contributed by atoms with van der Waals surface area (Å²) in [7, 11) is 0. The van der Waals surface area contributed by atoms with Crippen LogP contribution < -0.4 is 16.1 Å². The van der Waals surface area contributed by atoms with E-state index in [0.717, 1.165) is 5.57 Å². The van der Waals surface area contributed by atoms with Crippen molar-refractivity contribution in [3.05, 3.63) is 94.7 Å². The molecule has 0 atom stereocenters. The van der Waals surface area contributed by atoms with Crippen LogP contribution in [0.4, 0.5) is 5.69 Å². The van der Waals surface area contributed by atoms with Crippen LogP contribution in [-0.4, -0.2) is 46.0 Å². The summed E-state index contributed by atoms with van der Waals surface area (Å²) >= 11 is 1.29. The van der Waals surface area contributed by atoms with E-state index in [4.69, 9.17) is 4.42 Å². The molecule has 0 fully saturated rings. The van der Waals surface area contributed by atoms with E-state index in [1.165, 1.54) is 42.1 Å². The van der Waals surface area contributed by atoms with E-state index in [9.17, 15) is 29.4 Å². The number of anilines is 1. The van der Waals surface area contributed by atoms with Gasteiger partial charge in [-0.1, -0.05) is 30.4 Å². The van der Waals surface area contributed by atoms with E-state index in [1.807, 2.05) is 13.0 Å². The zero-order valence-electron chi connectivity index (χ0n) is 22.2. The zero-order valence-corrected chi connectivity index (χ0v) is 23.0. The van der Waals surface area contributed by atoms with Crippen LogP contribution in [0.25, 0.3) is 33.4 Å². The molecule has 2 aromatic rings. The summed E-state index contributed by atoms with van der Waals surface area (Å²) in [4.78, 5) is 48.8. The van der Waals surface area contributed by atoms with Gasteiger partial charge in [0.05, 0.1) is 11.3 Å². The van der Waals surface area contributed by atoms with Gasteiger partial charge in [0.1, 0.15) is 17.1 Å². The molecule has 4 rings (SSSR count). The molecule has 0 spiro atoms. The van der Waals surface area contributed by atoms with Gasteiger partial charge < -0.3 is 25.3 Å². The van der Waals surface area contributed by atoms with E-state index in [1.54, 1.807) is 30.3 Å². The highest BCUT2D eigenvalue weighted by atomic mass is 32.2. The number of allylic oxidation sites excluding steroid dienone is 2. The number of amides is 2. The Morgan fingerprint density at radius 1 is 1.02 bits per heavy atom. The molecule has 41 heavy (non-hydrogen) atoms. The average molecular weight is 573 g/mol. The lowest BCUT2D eigenvalue weighted by atomic mass is 9.90. The summed E-state index contributed by atoms with van der Waals surface area (Å²) < 4.78 is 5.84. The Hall–Kier alpha value is -4.83. The number of hydrogen-bond acceptors (Lipinski definition) is 7. The summed E-state index contributed by atoms with van der Waals surface area (Å²) in [6.45, 7) is 5.93. The van der Waals surface area contributed by atoms with Crippen LogP contribution >= 0.6 is 11.8 Å². The van der Waals surface area contributed by atoms with Crippen molar-refractivity contribution >= 4 is 46.2 Å². The number of phenolic OH excluding ortho intramolecular Hbond substituents is 1. The van der Waals surface area contributed by atoms with E-state index in [0.29, 0.717) is 40.1 Å². The van der Waals surface area contributed by atoms with Crippen LogP contribution in [0.3, 0.4) is 0 Å². The van der Waals surface area contributed by atoms with Gasteiger partial charge in [-0.3, -0.25) is 14.4 Å². The van der Waals surface area contributed by atoms with E-state index in [-0.39, 0.29) is 52.1 Å². The number of nitrogens with one attached hydrogen (secondary N) is 2. The maximum atomic E-state index is 12.5. The van der Waals surface area contributed by atoms with Gasteiger partial charge in [0.25, 0.3) is 0 Å². The van der Waals surface area contributed by atoms with Crippen LogP contribution in [0.5, 0.6) is 5.75 Å². The monoisotopic (exact) mass is 572 g/mol. The number of aromatic carboxylic acids is 1. The number of fused-ring (bicyclic) bond motifs is 2. The van der Waals surface area contributed by atoms with Gasteiger partial charge in [-0.15, -0.1) is 0 Å². The number of carbonyl (C=O) groups is 3. The number of carboxylic acid groups (broad SMARTS) is 1. The van der Waals surface area contributed by atoms with Gasteiger partial charge in [-0.25, -0.2) is 4.79 Å². The fraction of sp³-hybridized carbons (Fsp3) is 0.161. The van der Waals surface area contributed by atoms with Crippen molar-refractivity contribution in [1.29, 1.82) is 0 Å². The summed E-state index contributed by atoms with van der Waals surface area (Å²) in [6.07, 6.45) is 3.73. The molecule has 0 saturated heterocycles. The quantitative estimate of drug-likeness (QED) is 0.108. The lowest BCUT2D eigenvalue weighted by Crippen LogP contribution is -2.25. The third kappa shape index (κ3) is 7.23. The SMILES string of the molecule is C=C/C=C(\C)CNC(=O)CCSCC(=O)Nc1ccc(-c2c3ccc(=O)cc-3oc3cc(O)ccc23)c(C(=O)O)c1. The largest absolute Gasteiger partial charge is 0.508 e. The van der Waals surface area contributed by atoms with Crippen LogP contribution in [0.15, 0.2) is 88.1 Å². The van der Waals surface area contributed by atoms with Crippen molar-refractivity contribution in [2.24, 2.45) is 0 Å². The lowest BCUT2D eigenvalue weighted by molar-refractivity contribution is -0.120. The molecule has 2 aromatic carbocycles. The predicted octanol–water partition coefficient (Wildman–Crippen LogP) is 5.28. The molecule has 1 heterocycles. The normalized spacial score (nSPS) is 11.4. The molecular formula is C31H28N2O7S. The first-order chi connectivity index (χ1) is 19.7. The Morgan fingerprint density at radius 2 is 1.80 bits per heavy atom. The number of carbonyl (C=O) groups excluding carboxylic acids is 2. The minimum absolute atomic E-state index is 0.0457. The Morgan fingerprint density at radius 3 is 2.56 bits per heavy atom. The smallest absolute Gasteiger partial charge is 0.336 e. The Bertz CT molecular complexity index is 1710. The van der Waals surface area contributed by atoms with Crippen molar-refractivity contribution in [1.82, 2.24) is 5.32 Å². The Labute approximate surface area is 239 Å². The van der Waals surface area contributed by atoms with Gasteiger partial charge in [0.2, 0.25) is 11.8 Å². The molecule has 2 amide bonds. The Kier molecular flexibility index (Phi) is 9.26. The topological polar surface area (TPSA) is 146 Å². The molecule has 210 valence electrons. The van der Waals surface area contributed by atoms with Crippen LogP contribution in [0, 0.1) is 0 Å². The van der Waals surface area contributed by atoms with Crippen LogP contribution in [0.1, 0.15) is 23.7 Å². The Balaban J connectivity index is 1.51. The van der Waals surface area contributed by atoms with E-state index >= 15 is 0 Å². The van der Waals surface area contributed by atoms with Gasteiger partial charge >= 0.3 is 5.97 Å². The van der Waals surface area contributed by atoms with E-state index < -0.39 is 5.97 Å². The molecule has 1 aliphatic carbocycles. The minimum atomic E-state index is -1.21. The average Bonchev–Trinajstić information content (AvgIpc) is 2.93.